The lowest BCUT2D eigenvalue weighted by molar-refractivity contribution is -0.114. The maximum atomic E-state index is 13.4. The number of nitrogens with zero attached hydrogens (tertiary/aromatic N) is 1. The van der Waals surface area contributed by atoms with Crippen molar-refractivity contribution in [3.8, 4) is 5.75 Å². The molecular formula is C25H28N2O4S. The summed E-state index contributed by atoms with van der Waals surface area (Å²) in [7, 11) is -3.94. The van der Waals surface area contributed by atoms with E-state index in [0.717, 1.165) is 15.4 Å². The van der Waals surface area contributed by atoms with Crippen LogP contribution in [0.4, 0.5) is 11.4 Å². The van der Waals surface area contributed by atoms with Gasteiger partial charge in [0.05, 0.1) is 16.7 Å². The predicted octanol–water partition coefficient (Wildman–Crippen LogP) is 4.92. The van der Waals surface area contributed by atoms with E-state index >= 15 is 0 Å². The monoisotopic (exact) mass is 452 g/mol. The Balaban J connectivity index is 1.84. The van der Waals surface area contributed by atoms with Crippen molar-refractivity contribution in [1.29, 1.82) is 0 Å². The van der Waals surface area contributed by atoms with Crippen LogP contribution in [0.3, 0.4) is 0 Å². The number of ether oxygens (including phenoxy) is 1. The zero-order valence-electron chi connectivity index (χ0n) is 18.7. The first-order valence-corrected chi connectivity index (χ1v) is 11.8. The van der Waals surface area contributed by atoms with Gasteiger partial charge in [0.25, 0.3) is 10.0 Å². The first kappa shape index (κ1) is 23.3. The Hall–Kier alpha value is -3.32. The minimum absolute atomic E-state index is 0.0467. The highest BCUT2D eigenvalue weighted by Gasteiger charge is 2.27. The average Bonchev–Trinajstić information content (AvgIpc) is 2.74. The van der Waals surface area contributed by atoms with E-state index in [1.54, 1.807) is 60.7 Å². The fraction of sp³-hybridized carbons (Fsp3) is 0.240. The molecule has 0 aromatic heterocycles. The van der Waals surface area contributed by atoms with Crippen LogP contribution in [0.1, 0.15) is 25.0 Å². The van der Waals surface area contributed by atoms with Gasteiger partial charge in [-0.25, -0.2) is 8.42 Å². The number of carbonyl (C=O) groups is 1. The summed E-state index contributed by atoms with van der Waals surface area (Å²) in [4.78, 5) is 12.9. The zero-order chi connectivity index (χ0) is 23.3. The third kappa shape index (κ3) is 5.88. The zero-order valence-corrected chi connectivity index (χ0v) is 19.5. The summed E-state index contributed by atoms with van der Waals surface area (Å²) < 4.78 is 33.5. The number of amides is 1. The normalized spacial score (nSPS) is 11.3. The predicted molar refractivity (Wildman–Crippen MR) is 128 cm³/mol. The van der Waals surface area contributed by atoms with Gasteiger partial charge in [-0.3, -0.25) is 9.10 Å². The van der Waals surface area contributed by atoms with Crippen LogP contribution in [0.5, 0.6) is 5.75 Å². The summed E-state index contributed by atoms with van der Waals surface area (Å²) in [5.41, 5.74) is 2.93. The van der Waals surface area contributed by atoms with Gasteiger partial charge in [0.1, 0.15) is 12.3 Å². The molecule has 0 atom stereocenters. The fourth-order valence-corrected chi connectivity index (χ4v) is 4.50. The number of aryl methyl sites for hydroxylation is 2. The molecule has 0 radical (unpaired) electrons. The lowest BCUT2D eigenvalue weighted by Gasteiger charge is -2.24. The number of sulfonamides is 1. The summed E-state index contributed by atoms with van der Waals surface area (Å²) in [6.07, 6.45) is 0.0467. The lowest BCUT2D eigenvalue weighted by atomic mass is 10.2. The van der Waals surface area contributed by atoms with Crippen molar-refractivity contribution in [1.82, 2.24) is 0 Å². The molecule has 0 bridgehead atoms. The van der Waals surface area contributed by atoms with Gasteiger partial charge in [-0.15, -0.1) is 0 Å². The van der Waals surface area contributed by atoms with E-state index in [1.807, 2.05) is 39.8 Å². The number of nitrogens with one attached hydrogen (secondary N) is 1. The molecule has 6 nitrogen and oxygen atoms in total. The van der Waals surface area contributed by atoms with Crippen molar-refractivity contribution >= 4 is 27.3 Å². The maximum absolute atomic E-state index is 13.4. The van der Waals surface area contributed by atoms with E-state index in [2.05, 4.69) is 5.32 Å². The highest BCUT2D eigenvalue weighted by atomic mass is 32.2. The highest BCUT2D eigenvalue weighted by Crippen LogP contribution is 2.25. The van der Waals surface area contributed by atoms with Crippen LogP contribution in [0, 0.1) is 13.8 Å². The van der Waals surface area contributed by atoms with Gasteiger partial charge in [0, 0.05) is 5.69 Å². The molecule has 168 valence electrons. The van der Waals surface area contributed by atoms with Crippen molar-refractivity contribution in [3.05, 3.63) is 83.9 Å². The third-order valence-electron chi connectivity index (χ3n) is 4.73. The van der Waals surface area contributed by atoms with Crippen molar-refractivity contribution < 1.29 is 17.9 Å². The molecule has 0 aliphatic heterocycles. The molecular weight excluding hydrogens is 424 g/mol. The van der Waals surface area contributed by atoms with E-state index in [-0.39, 0.29) is 17.5 Å². The summed E-state index contributed by atoms with van der Waals surface area (Å²) in [5, 5.41) is 2.77. The molecule has 0 saturated heterocycles. The molecule has 3 aromatic carbocycles. The third-order valence-corrected chi connectivity index (χ3v) is 6.52. The number of rotatable bonds is 8. The summed E-state index contributed by atoms with van der Waals surface area (Å²) in [6, 6.07) is 20.6. The molecule has 3 rings (SSSR count). The first-order chi connectivity index (χ1) is 15.1. The Kier molecular flexibility index (Phi) is 7.20. The van der Waals surface area contributed by atoms with Crippen LogP contribution in [-0.4, -0.2) is 27.0 Å². The molecule has 7 heteroatoms. The van der Waals surface area contributed by atoms with Gasteiger partial charge in [0.15, 0.2) is 0 Å². The molecule has 0 aliphatic rings. The molecule has 1 N–H and O–H groups in total. The molecule has 0 unspecified atom stereocenters. The quantitative estimate of drug-likeness (QED) is 0.526. The molecule has 0 heterocycles. The average molecular weight is 453 g/mol. The number of carbonyl (C=O) groups excluding carboxylic acids is 1. The minimum atomic E-state index is -3.94. The van der Waals surface area contributed by atoms with Gasteiger partial charge in [0.2, 0.25) is 5.91 Å². The molecule has 0 saturated carbocycles. The van der Waals surface area contributed by atoms with E-state index in [1.165, 1.54) is 0 Å². The fourth-order valence-electron chi connectivity index (χ4n) is 3.08. The van der Waals surface area contributed by atoms with Crippen LogP contribution in [-0.2, 0) is 14.8 Å². The van der Waals surface area contributed by atoms with Gasteiger partial charge in [-0.2, -0.15) is 0 Å². The Morgan fingerprint density at radius 3 is 1.94 bits per heavy atom. The second-order valence-corrected chi connectivity index (χ2v) is 9.76. The van der Waals surface area contributed by atoms with Crippen molar-refractivity contribution in [2.75, 3.05) is 16.2 Å². The van der Waals surface area contributed by atoms with Crippen molar-refractivity contribution in [2.24, 2.45) is 0 Å². The lowest BCUT2D eigenvalue weighted by Crippen LogP contribution is -2.38. The molecule has 0 spiro atoms. The Morgan fingerprint density at radius 2 is 1.41 bits per heavy atom. The van der Waals surface area contributed by atoms with E-state index in [0.29, 0.717) is 17.1 Å². The first-order valence-electron chi connectivity index (χ1n) is 10.4. The topological polar surface area (TPSA) is 75.7 Å². The summed E-state index contributed by atoms with van der Waals surface area (Å²) in [5.74, 6) is 0.250. The molecule has 0 aliphatic carbocycles. The van der Waals surface area contributed by atoms with Gasteiger partial charge in [-0.1, -0.05) is 35.4 Å². The Morgan fingerprint density at radius 1 is 0.875 bits per heavy atom. The standard InChI is InChI=1S/C25H28N2O4S/c1-18(2)31-23-13-9-21(10-14-23)26-25(28)17-27(22-11-5-19(3)6-12-22)32(29,30)24-15-7-20(4)8-16-24/h5-16,18H,17H2,1-4H3,(H,26,28). The number of benzene rings is 3. The van der Waals surface area contributed by atoms with Crippen LogP contribution in [0.2, 0.25) is 0 Å². The van der Waals surface area contributed by atoms with Gasteiger partial charge >= 0.3 is 0 Å². The van der Waals surface area contributed by atoms with Gasteiger partial charge < -0.3 is 10.1 Å². The molecule has 0 fully saturated rings. The molecule has 3 aromatic rings. The van der Waals surface area contributed by atoms with Crippen molar-refractivity contribution in [2.45, 2.75) is 38.7 Å². The Labute approximate surface area is 189 Å². The smallest absolute Gasteiger partial charge is 0.264 e. The van der Waals surface area contributed by atoms with E-state index in [9.17, 15) is 13.2 Å². The molecule has 1 amide bonds. The molecule has 32 heavy (non-hydrogen) atoms. The van der Waals surface area contributed by atoms with Crippen LogP contribution < -0.4 is 14.4 Å². The van der Waals surface area contributed by atoms with Crippen molar-refractivity contribution in [3.63, 3.8) is 0 Å². The SMILES string of the molecule is Cc1ccc(N(CC(=O)Nc2ccc(OC(C)C)cc2)S(=O)(=O)c2ccc(C)cc2)cc1. The second-order valence-electron chi connectivity index (χ2n) is 7.90. The summed E-state index contributed by atoms with van der Waals surface area (Å²) in [6.45, 7) is 7.32. The van der Waals surface area contributed by atoms with E-state index < -0.39 is 15.9 Å². The van der Waals surface area contributed by atoms with Crippen LogP contribution in [0.25, 0.3) is 0 Å². The Bertz CT molecular complexity index is 1150. The number of hydrogen-bond donors (Lipinski definition) is 1. The largest absolute Gasteiger partial charge is 0.491 e. The maximum Gasteiger partial charge on any atom is 0.264 e. The van der Waals surface area contributed by atoms with Crippen LogP contribution in [0.15, 0.2) is 77.7 Å². The minimum Gasteiger partial charge on any atom is -0.491 e. The number of hydrogen-bond acceptors (Lipinski definition) is 4. The summed E-state index contributed by atoms with van der Waals surface area (Å²) >= 11 is 0. The van der Waals surface area contributed by atoms with Crippen LogP contribution >= 0.6 is 0 Å². The highest BCUT2D eigenvalue weighted by molar-refractivity contribution is 7.92. The number of anilines is 2. The van der Waals surface area contributed by atoms with E-state index in [4.69, 9.17) is 4.74 Å². The second kappa shape index (κ2) is 9.87. The van der Waals surface area contributed by atoms with Gasteiger partial charge in [-0.05, 0) is 76.2 Å².